The van der Waals surface area contributed by atoms with Gasteiger partial charge in [0.05, 0.1) is 0 Å². The first-order valence-electron chi connectivity index (χ1n) is 7.00. The summed E-state index contributed by atoms with van der Waals surface area (Å²) in [5, 5.41) is 0. The third-order valence-corrected chi connectivity index (χ3v) is 3.24. The van der Waals surface area contributed by atoms with E-state index in [-0.39, 0.29) is 6.42 Å². The second-order valence-corrected chi connectivity index (χ2v) is 5.18. The van der Waals surface area contributed by atoms with Gasteiger partial charge in [-0.2, -0.15) is 13.2 Å². The van der Waals surface area contributed by atoms with Crippen LogP contribution in [0, 0.1) is 0 Å². The molecule has 0 aliphatic rings. The lowest BCUT2D eigenvalue weighted by molar-refractivity contribution is -0.206. The van der Waals surface area contributed by atoms with E-state index in [1.807, 2.05) is 0 Å². The average molecular weight is 364 g/mol. The normalized spacial score (nSPS) is 22.0. The van der Waals surface area contributed by atoms with Crippen molar-refractivity contribution in [3.63, 3.8) is 0 Å². The molecule has 0 saturated carbocycles. The van der Waals surface area contributed by atoms with Crippen LogP contribution in [0.2, 0.25) is 0 Å². The van der Waals surface area contributed by atoms with Gasteiger partial charge in [-0.25, -0.2) is 30.7 Å². The number of alkyl halides is 10. The summed E-state index contributed by atoms with van der Waals surface area (Å²) in [6.45, 7) is 1.73. The quantitative estimate of drug-likeness (QED) is 0.355. The Morgan fingerprint density at radius 3 is 1.52 bits per heavy atom. The average Bonchev–Trinajstić information content (AvgIpc) is 2.49. The minimum atomic E-state index is -5.83. The van der Waals surface area contributed by atoms with E-state index in [1.54, 1.807) is 6.92 Å². The smallest absolute Gasteiger partial charge is 0.244 e. The molecule has 0 rings (SSSR count). The highest BCUT2D eigenvalue weighted by Crippen LogP contribution is 2.33. The molecule has 0 aliphatic carbocycles. The van der Waals surface area contributed by atoms with Crippen molar-refractivity contribution in [3.05, 3.63) is 0 Å². The van der Waals surface area contributed by atoms with E-state index in [9.17, 15) is 43.9 Å². The van der Waals surface area contributed by atoms with Crippen LogP contribution < -0.4 is 0 Å². The molecule has 0 radical (unpaired) electrons. The number of halogens is 10. The van der Waals surface area contributed by atoms with Crippen LogP contribution in [-0.4, -0.2) is 49.4 Å². The Balaban J connectivity index is 4.70. The van der Waals surface area contributed by atoms with Gasteiger partial charge in [0.15, 0.2) is 30.9 Å². The van der Waals surface area contributed by atoms with Gasteiger partial charge < -0.3 is 0 Å². The van der Waals surface area contributed by atoms with Crippen LogP contribution in [0.4, 0.5) is 43.9 Å². The Hall–Kier alpha value is -0.700. The predicted octanol–water partition coefficient (Wildman–Crippen LogP) is 5.50. The van der Waals surface area contributed by atoms with Crippen molar-refractivity contribution in [1.29, 1.82) is 0 Å². The van der Waals surface area contributed by atoms with Crippen LogP contribution in [0.25, 0.3) is 0 Å². The second-order valence-electron chi connectivity index (χ2n) is 5.18. The zero-order valence-corrected chi connectivity index (χ0v) is 12.1. The summed E-state index contributed by atoms with van der Waals surface area (Å²) in [4.78, 5) is 0. The van der Waals surface area contributed by atoms with Crippen LogP contribution >= 0.6 is 0 Å². The standard InChI is InChI=1S/C13H18F10/c1-2-3-4-5-6(14)7(15)8(16)9(17)10(18)11(19)12(20)13(21,22)23/h6-12H,2-5H2,1H3. The lowest BCUT2D eigenvalue weighted by Gasteiger charge is -2.26. The zero-order valence-electron chi connectivity index (χ0n) is 12.1. The molecule has 0 nitrogen and oxygen atoms in total. The second kappa shape index (κ2) is 9.56. The molecule has 140 valence electrons. The van der Waals surface area contributed by atoms with Gasteiger partial charge in [0, 0.05) is 0 Å². The van der Waals surface area contributed by atoms with Crippen molar-refractivity contribution < 1.29 is 43.9 Å². The van der Waals surface area contributed by atoms with Gasteiger partial charge in [-0.1, -0.05) is 26.2 Å². The Morgan fingerprint density at radius 2 is 1.09 bits per heavy atom. The van der Waals surface area contributed by atoms with Crippen molar-refractivity contribution in [2.75, 3.05) is 0 Å². The molecule has 0 aliphatic heterocycles. The van der Waals surface area contributed by atoms with Crippen molar-refractivity contribution in [1.82, 2.24) is 0 Å². The number of hydrogen-bond donors (Lipinski definition) is 0. The van der Waals surface area contributed by atoms with Gasteiger partial charge >= 0.3 is 6.18 Å². The van der Waals surface area contributed by atoms with Crippen molar-refractivity contribution >= 4 is 0 Å². The SMILES string of the molecule is CCCCCC(F)C(F)C(F)C(F)C(F)C(F)C(F)C(F)(F)F. The summed E-state index contributed by atoms with van der Waals surface area (Å²) in [5.74, 6) is 0. The Labute approximate surface area is 127 Å². The van der Waals surface area contributed by atoms with E-state index in [4.69, 9.17) is 0 Å². The summed E-state index contributed by atoms with van der Waals surface area (Å²) in [6.07, 6.45) is -30.5. The molecule has 0 spiro atoms. The molecular weight excluding hydrogens is 346 g/mol. The first-order valence-corrected chi connectivity index (χ1v) is 7.00. The van der Waals surface area contributed by atoms with E-state index < -0.39 is 55.8 Å². The van der Waals surface area contributed by atoms with Crippen LogP contribution in [0.5, 0.6) is 0 Å². The van der Waals surface area contributed by atoms with Crippen molar-refractivity contribution in [2.45, 2.75) is 82.0 Å². The lowest BCUT2D eigenvalue weighted by atomic mass is 9.97. The molecule has 0 aromatic heterocycles. The maximum absolute atomic E-state index is 13.3. The maximum Gasteiger partial charge on any atom is 0.422 e. The highest BCUT2D eigenvalue weighted by Gasteiger charge is 2.53. The zero-order chi connectivity index (χ0) is 18.4. The minimum absolute atomic E-state index is 0.132. The van der Waals surface area contributed by atoms with Crippen LogP contribution in [0.3, 0.4) is 0 Å². The van der Waals surface area contributed by atoms with E-state index >= 15 is 0 Å². The molecular formula is C13H18F10. The predicted molar refractivity (Wildman–Crippen MR) is 64.5 cm³/mol. The van der Waals surface area contributed by atoms with Crippen molar-refractivity contribution in [2.24, 2.45) is 0 Å². The topological polar surface area (TPSA) is 0 Å². The van der Waals surface area contributed by atoms with E-state index in [2.05, 4.69) is 0 Å². The van der Waals surface area contributed by atoms with E-state index in [1.165, 1.54) is 0 Å². The fourth-order valence-corrected chi connectivity index (χ4v) is 1.82. The summed E-state index contributed by atoms with van der Waals surface area (Å²) >= 11 is 0. The van der Waals surface area contributed by atoms with Gasteiger partial charge in [0.2, 0.25) is 6.17 Å². The monoisotopic (exact) mass is 364 g/mol. The third-order valence-electron chi connectivity index (χ3n) is 3.24. The molecule has 0 N–H and O–H groups in total. The number of rotatable bonds is 10. The van der Waals surface area contributed by atoms with Gasteiger partial charge in [-0.3, -0.25) is 0 Å². The number of unbranched alkanes of at least 4 members (excludes halogenated alkanes) is 2. The van der Waals surface area contributed by atoms with Gasteiger partial charge in [0.1, 0.15) is 6.17 Å². The highest BCUT2D eigenvalue weighted by atomic mass is 19.4. The fourth-order valence-electron chi connectivity index (χ4n) is 1.82. The van der Waals surface area contributed by atoms with Crippen molar-refractivity contribution in [3.8, 4) is 0 Å². The Kier molecular flexibility index (Phi) is 9.27. The van der Waals surface area contributed by atoms with Gasteiger partial charge in [-0.05, 0) is 6.42 Å². The van der Waals surface area contributed by atoms with Gasteiger partial charge in [0.25, 0.3) is 0 Å². The molecule has 7 unspecified atom stereocenters. The first-order chi connectivity index (χ1) is 10.4. The summed E-state index contributed by atoms with van der Waals surface area (Å²) in [7, 11) is 0. The summed E-state index contributed by atoms with van der Waals surface area (Å²) in [5.41, 5.74) is 0. The van der Waals surface area contributed by atoms with Crippen LogP contribution in [0.1, 0.15) is 32.6 Å². The molecule has 7 atom stereocenters. The summed E-state index contributed by atoms with van der Waals surface area (Å²) < 4.78 is 127. The van der Waals surface area contributed by atoms with Crippen LogP contribution in [-0.2, 0) is 0 Å². The molecule has 0 heterocycles. The number of hydrogen-bond acceptors (Lipinski definition) is 0. The van der Waals surface area contributed by atoms with E-state index in [0.717, 1.165) is 0 Å². The molecule has 10 heteroatoms. The minimum Gasteiger partial charge on any atom is -0.244 e. The highest BCUT2D eigenvalue weighted by molar-refractivity contribution is 4.92. The lowest BCUT2D eigenvalue weighted by Crippen LogP contribution is -2.48. The van der Waals surface area contributed by atoms with Crippen LogP contribution in [0.15, 0.2) is 0 Å². The maximum atomic E-state index is 13.3. The Morgan fingerprint density at radius 1 is 0.652 bits per heavy atom. The third kappa shape index (κ3) is 6.74. The Bertz CT molecular complexity index is 320. The molecule has 23 heavy (non-hydrogen) atoms. The van der Waals surface area contributed by atoms with E-state index in [0.29, 0.717) is 12.8 Å². The molecule has 0 aromatic carbocycles. The van der Waals surface area contributed by atoms with Gasteiger partial charge in [-0.15, -0.1) is 0 Å². The molecule has 0 aromatic rings. The summed E-state index contributed by atoms with van der Waals surface area (Å²) in [6, 6.07) is 0. The molecule has 0 bridgehead atoms. The molecule has 0 saturated heterocycles. The largest absolute Gasteiger partial charge is 0.422 e. The first kappa shape index (κ1) is 22.3. The molecule has 0 fully saturated rings. The molecule has 0 amide bonds. The fraction of sp³-hybridized carbons (Fsp3) is 1.00.